The standard InChI is InChI=1S/C36H54O3/c1-7-38-28-14-11-26(12-15-28)34(37)39-29-19-21-35(5)27(23-29)13-16-30-32-18-17-31(25(4)10-8-9-24(2)3)36(32,6)22-20-33(30)35/h11-15,24-25,29-33H,7-10,16-23H2,1-6H3/t25-,29+,30-,31+,32-,33-,35-,36+/m0/s1. The number of hydrogen-bond donors (Lipinski definition) is 0. The van der Waals surface area contributed by atoms with Crippen LogP contribution in [0.15, 0.2) is 35.9 Å². The summed E-state index contributed by atoms with van der Waals surface area (Å²) in [6.07, 6.45) is 16.8. The van der Waals surface area contributed by atoms with E-state index in [0.29, 0.717) is 17.6 Å². The minimum atomic E-state index is -0.200. The first-order valence-electron chi connectivity index (χ1n) is 16.3. The molecule has 39 heavy (non-hydrogen) atoms. The van der Waals surface area contributed by atoms with E-state index in [9.17, 15) is 4.79 Å². The first-order chi connectivity index (χ1) is 18.7. The zero-order valence-corrected chi connectivity index (χ0v) is 25.6. The van der Waals surface area contributed by atoms with Crippen molar-refractivity contribution in [2.75, 3.05) is 6.61 Å². The number of hydrogen-bond acceptors (Lipinski definition) is 3. The first-order valence-corrected chi connectivity index (χ1v) is 16.3. The molecular weight excluding hydrogens is 480 g/mol. The number of esters is 1. The van der Waals surface area contributed by atoms with Gasteiger partial charge in [0.1, 0.15) is 11.9 Å². The summed E-state index contributed by atoms with van der Waals surface area (Å²) in [4.78, 5) is 12.9. The summed E-state index contributed by atoms with van der Waals surface area (Å²) in [5.74, 6) is 5.72. The average molecular weight is 535 g/mol. The molecule has 5 rings (SSSR count). The number of benzene rings is 1. The maximum atomic E-state index is 12.9. The molecule has 0 aliphatic heterocycles. The van der Waals surface area contributed by atoms with E-state index in [1.807, 2.05) is 31.2 Å². The van der Waals surface area contributed by atoms with E-state index in [1.54, 1.807) is 5.57 Å². The van der Waals surface area contributed by atoms with E-state index >= 15 is 0 Å². The fraction of sp³-hybridized carbons (Fsp3) is 0.750. The summed E-state index contributed by atoms with van der Waals surface area (Å²) in [6.45, 7) is 15.1. The maximum absolute atomic E-state index is 12.9. The molecule has 4 aliphatic carbocycles. The van der Waals surface area contributed by atoms with Crippen LogP contribution in [0.3, 0.4) is 0 Å². The lowest BCUT2D eigenvalue weighted by Gasteiger charge is -2.58. The third-order valence-corrected chi connectivity index (χ3v) is 11.9. The van der Waals surface area contributed by atoms with Gasteiger partial charge in [0, 0.05) is 6.42 Å². The predicted molar refractivity (Wildman–Crippen MR) is 160 cm³/mol. The van der Waals surface area contributed by atoms with E-state index in [0.717, 1.165) is 60.5 Å². The van der Waals surface area contributed by atoms with Crippen LogP contribution < -0.4 is 4.74 Å². The number of carbonyl (C=O) groups excluding carboxylic acids is 1. The highest BCUT2D eigenvalue weighted by molar-refractivity contribution is 5.89. The predicted octanol–water partition coefficient (Wildman–Crippen LogP) is 9.65. The van der Waals surface area contributed by atoms with Crippen LogP contribution in [0.2, 0.25) is 0 Å². The summed E-state index contributed by atoms with van der Waals surface area (Å²) in [5, 5.41) is 0. The Morgan fingerprint density at radius 1 is 0.974 bits per heavy atom. The molecule has 1 aromatic carbocycles. The third-order valence-electron chi connectivity index (χ3n) is 11.9. The molecule has 3 saturated carbocycles. The molecule has 8 atom stereocenters. The second kappa shape index (κ2) is 11.6. The van der Waals surface area contributed by atoms with Crippen molar-refractivity contribution in [1.82, 2.24) is 0 Å². The normalized spacial score (nSPS) is 36.4. The van der Waals surface area contributed by atoms with Crippen LogP contribution in [0.25, 0.3) is 0 Å². The fourth-order valence-corrected chi connectivity index (χ4v) is 9.83. The van der Waals surface area contributed by atoms with Gasteiger partial charge >= 0.3 is 5.97 Å². The van der Waals surface area contributed by atoms with E-state index in [2.05, 4.69) is 40.7 Å². The molecule has 1 aromatic rings. The summed E-state index contributed by atoms with van der Waals surface area (Å²) in [5.41, 5.74) is 3.02. The van der Waals surface area contributed by atoms with Gasteiger partial charge in [-0.15, -0.1) is 0 Å². The van der Waals surface area contributed by atoms with E-state index in [-0.39, 0.29) is 17.5 Å². The van der Waals surface area contributed by atoms with Gasteiger partial charge in [0.2, 0.25) is 0 Å². The minimum absolute atomic E-state index is 0.00338. The lowest BCUT2D eigenvalue weighted by Crippen LogP contribution is -2.51. The van der Waals surface area contributed by atoms with Crippen molar-refractivity contribution in [2.24, 2.45) is 46.3 Å². The molecular formula is C36H54O3. The van der Waals surface area contributed by atoms with Crippen LogP contribution in [0.4, 0.5) is 0 Å². The summed E-state index contributed by atoms with van der Waals surface area (Å²) < 4.78 is 11.6. The molecule has 0 N–H and O–H groups in total. The Kier molecular flexibility index (Phi) is 8.56. The topological polar surface area (TPSA) is 35.5 Å². The molecule has 0 saturated heterocycles. The largest absolute Gasteiger partial charge is 0.494 e. The summed E-state index contributed by atoms with van der Waals surface area (Å²) in [7, 11) is 0. The fourth-order valence-electron chi connectivity index (χ4n) is 9.83. The molecule has 0 unspecified atom stereocenters. The van der Waals surface area contributed by atoms with Gasteiger partial charge in [0.25, 0.3) is 0 Å². The third kappa shape index (κ3) is 5.58. The van der Waals surface area contributed by atoms with Gasteiger partial charge in [-0.1, -0.05) is 65.5 Å². The van der Waals surface area contributed by atoms with Gasteiger partial charge < -0.3 is 9.47 Å². The monoisotopic (exact) mass is 534 g/mol. The lowest BCUT2D eigenvalue weighted by molar-refractivity contribution is -0.0594. The van der Waals surface area contributed by atoms with Crippen LogP contribution in [0.5, 0.6) is 5.75 Å². The molecule has 0 bridgehead atoms. The Morgan fingerprint density at radius 3 is 2.46 bits per heavy atom. The maximum Gasteiger partial charge on any atom is 0.338 e. The second-order valence-corrected chi connectivity index (χ2v) is 14.5. The van der Waals surface area contributed by atoms with E-state index in [4.69, 9.17) is 9.47 Å². The quantitative estimate of drug-likeness (QED) is 0.234. The van der Waals surface area contributed by atoms with Crippen LogP contribution in [0.1, 0.15) is 123 Å². The number of rotatable bonds is 9. The van der Waals surface area contributed by atoms with Gasteiger partial charge in [-0.05, 0) is 122 Å². The van der Waals surface area contributed by atoms with Gasteiger partial charge in [0.15, 0.2) is 0 Å². The number of fused-ring (bicyclic) bond motifs is 5. The van der Waals surface area contributed by atoms with Crippen molar-refractivity contribution >= 4 is 5.97 Å². The van der Waals surface area contributed by atoms with Crippen molar-refractivity contribution in [3.8, 4) is 5.75 Å². The number of allylic oxidation sites excluding steroid dienone is 1. The zero-order valence-electron chi connectivity index (χ0n) is 25.6. The highest BCUT2D eigenvalue weighted by Crippen LogP contribution is 2.67. The van der Waals surface area contributed by atoms with Gasteiger partial charge in [-0.25, -0.2) is 4.79 Å². The van der Waals surface area contributed by atoms with Gasteiger partial charge in [-0.2, -0.15) is 0 Å². The molecule has 0 spiro atoms. The molecule has 0 heterocycles. The van der Waals surface area contributed by atoms with Crippen molar-refractivity contribution in [3.05, 3.63) is 41.5 Å². The smallest absolute Gasteiger partial charge is 0.338 e. The second-order valence-electron chi connectivity index (χ2n) is 14.5. The van der Waals surface area contributed by atoms with Crippen LogP contribution in [-0.4, -0.2) is 18.7 Å². The highest BCUT2D eigenvalue weighted by Gasteiger charge is 2.59. The molecule has 3 fully saturated rings. The molecule has 3 heteroatoms. The molecule has 3 nitrogen and oxygen atoms in total. The SMILES string of the molecule is CCOc1ccc(C(=O)O[C@@H]2CC[C@@]3(C)C(=CC[C@H]4[C@@H]5CC[C@H]([C@@H](C)CCCC(C)C)[C@@]5(C)CC[C@@H]43)C2)cc1. The van der Waals surface area contributed by atoms with E-state index < -0.39 is 0 Å². The molecule has 4 aliphatic rings. The van der Waals surface area contributed by atoms with Crippen molar-refractivity contribution in [3.63, 3.8) is 0 Å². The minimum Gasteiger partial charge on any atom is -0.494 e. The number of ether oxygens (including phenoxy) is 2. The Bertz CT molecular complexity index is 1020. The van der Waals surface area contributed by atoms with Gasteiger partial charge in [0.05, 0.1) is 12.2 Å². The first kappa shape index (κ1) is 28.7. The van der Waals surface area contributed by atoms with Crippen LogP contribution in [0, 0.1) is 46.3 Å². The Hall–Kier alpha value is -1.77. The summed E-state index contributed by atoms with van der Waals surface area (Å²) in [6, 6.07) is 7.37. The molecule has 216 valence electrons. The Labute approximate surface area is 238 Å². The average Bonchev–Trinajstić information content (AvgIpc) is 3.26. The van der Waals surface area contributed by atoms with Crippen molar-refractivity contribution in [1.29, 1.82) is 0 Å². The van der Waals surface area contributed by atoms with Crippen LogP contribution >= 0.6 is 0 Å². The number of carbonyl (C=O) groups is 1. The van der Waals surface area contributed by atoms with Crippen molar-refractivity contribution < 1.29 is 14.3 Å². The molecule has 0 radical (unpaired) electrons. The van der Waals surface area contributed by atoms with Gasteiger partial charge in [-0.3, -0.25) is 0 Å². The molecule has 0 aromatic heterocycles. The van der Waals surface area contributed by atoms with E-state index in [1.165, 1.54) is 51.4 Å². The Morgan fingerprint density at radius 2 is 1.74 bits per heavy atom. The lowest BCUT2D eigenvalue weighted by atomic mass is 9.47. The highest BCUT2D eigenvalue weighted by atomic mass is 16.5. The summed E-state index contributed by atoms with van der Waals surface area (Å²) >= 11 is 0. The van der Waals surface area contributed by atoms with Crippen LogP contribution in [-0.2, 0) is 4.74 Å². The Balaban J connectivity index is 1.22. The van der Waals surface area contributed by atoms with Crippen molar-refractivity contribution in [2.45, 2.75) is 118 Å². The zero-order chi connectivity index (χ0) is 27.8. The molecule has 0 amide bonds.